The first kappa shape index (κ1) is 24.4. The summed E-state index contributed by atoms with van der Waals surface area (Å²) in [6, 6.07) is 1.90. The number of ether oxygens (including phenoxy) is 2. The van der Waals surface area contributed by atoms with Crippen LogP contribution in [0.4, 0.5) is 4.79 Å². The highest BCUT2D eigenvalue weighted by Gasteiger charge is 2.26. The number of fused-ring (bicyclic) bond motifs is 1. The number of amides is 1. The monoisotopic (exact) mass is 475 g/mol. The van der Waals surface area contributed by atoms with Gasteiger partial charge in [-0.1, -0.05) is 23.2 Å². The molecule has 0 saturated carbocycles. The molecule has 2 aromatic rings. The van der Waals surface area contributed by atoms with Crippen LogP contribution in [0.1, 0.15) is 32.8 Å². The molecule has 1 aromatic carbocycles. The molecular weight excluding hydrogens is 453 g/mol. The van der Waals surface area contributed by atoms with E-state index in [2.05, 4.69) is 5.32 Å². The number of carbonyl (C=O) groups is 2. The summed E-state index contributed by atoms with van der Waals surface area (Å²) >= 11 is 13.7. The van der Waals surface area contributed by atoms with Crippen LogP contribution in [0.3, 0.4) is 0 Å². The molecule has 2 rings (SSSR count). The highest BCUT2D eigenvalue weighted by molar-refractivity contribution is 7.98. The first-order valence-corrected chi connectivity index (χ1v) is 11.2. The second kappa shape index (κ2) is 9.94. The first-order chi connectivity index (χ1) is 13.9. The van der Waals surface area contributed by atoms with E-state index in [9.17, 15) is 14.4 Å². The maximum atomic E-state index is 12.7. The Bertz CT molecular complexity index is 1010. The lowest BCUT2D eigenvalue weighted by Gasteiger charge is -2.23. The number of rotatable bonds is 6. The number of carbonyl (C=O) groups excluding carboxylic acids is 2. The lowest BCUT2D eigenvalue weighted by Crippen LogP contribution is -2.45. The van der Waals surface area contributed by atoms with Crippen molar-refractivity contribution in [1.82, 2.24) is 5.32 Å². The van der Waals surface area contributed by atoms with Gasteiger partial charge in [0, 0.05) is 11.5 Å². The van der Waals surface area contributed by atoms with E-state index in [1.54, 1.807) is 27.7 Å². The van der Waals surface area contributed by atoms with E-state index in [0.717, 1.165) is 0 Å². The Balaban J connectivity index is 2.28. The fourth-order valence-corrected chi connectivity index (χ4v) is 3.33. The minimum absolute atomic E-state index is 0.000760. The van der Waals surface area contributed by atoms with Gasteiger partial charge < -0.3 is 19.2 Å². The van der Waals surface area contributed by atoms with Gasteiger partial charge in [0.15, 0.2) is 5.75 Å². The molecule has 7 nitrogen and oxygen atoms in total. The number of nitrogens with one attached hydrogen (secondary N) is 1. The Morgan fingerprint density at radius 1 is 1.27 bits per heavy atom. The molecule has 0 aliphatic rings. The maximum absolute atomic E-state index is 12.7. The second-order valence-electron chi connectivity index (χ2n) is 7.51. The zero-order valence-corrected chi connectivity index (χ0v) is 19.6. The van der Waals surface area contributed by atoms with E-state index >= 15 is 0 Å². The fourth-order valence-electron chi connectivity index (χ4n) is 2.52. The van der Waals surface area contributed by atoms with Gasteiger partial charge in [-0.3, -0.25) is 0 Å². The number of thioether (sulfide) groups is 1. The zero-order chi connectivity index (χ0) is 22.6. The third kappa shape index (κ3) is 6.30. The van der Waals surface area contributed by atoms with E-state index in [-0.39, 0.29) is 21.4 Å². The van der Waals surface area contributed by atoms with Crippen molar-refractivity contribution >= 4 is 58.0 Å². The quantitative estimate of drug-likeness (QED) is 0.358. The third-order valence-electron chi connectivity index (χ3n) is 3.95. The first-order valence-electron chi connectivity index (χ1n) is 9.05. The molecule has 30 heavy (non-hydrogen) atoms. The summed E-state index contributed by atoms with van der Waals surface area (Å²) in [6.45, 7) is 6.82. The lowest BCUT2D eigenvalue weighted by atomic mass is 10.1. The van der Waals surface area contributed by atoms with Crippen LogP contribution in [-0.4, -0.2) is 35.7 Å². The maximum Gasteiger partial charge on any atom is 0.408 e. The number of benzene rings is 1. The summed E-state index contributed by atoms with van der Waals surface area (Å²) in [5.74, 6) is -0.114. The fraction of sp³-hybridized carbons (Fsp3) is 0.450. The summed E-state index contributed by atoms with van der Waals surface area (Å²) in [6.07, 6.45) is 1.48. The molecule has 1 heterocycles. The zero-order valence-electron chi connectivity index (χ0n) is 17.3. The summed E-state index contributed by atoms with van der Waals surface area (Å²) in [5, 5.41) is 3.14. The molecule has 0 bridgehead atoms. The normalized spacial score (nSPS) is 12.5. The molecule has 164 valence electrons. The Labute approximate surface area is 188 Å². The molecule has 1 atom stereocenters. The van der Waals surface area contributed by atoms with Crippen LogP contribution in [0.5, 0.6) is 5.75 Å². The van der Waals surface area contributed by atoms with E-state index in [4.69, 9.17) is 37.1 Å². The number of hydrogen-bond acceptors (Lipinski definition) is 7. The third-order valence-corrected chi connectivity index (χ3v) is 5.32. The summed E-state index contributed by atoms with van der Waals surface area (Å²) < 4.78 is 15.8. The van der Waals surface area contributed by atoms with Crippen molar-refractivity contribution < 1.29 is 23.5 Å². The molecular formula is C20H23Cl2NO6S. The smallest absolute Gasteiger partial charge is 0.408 e. The second-order valence-corrected chi connectivity index (χ2v) is 9.28. The molecule has 0 radical (unpaired) electrons. The predicted molar refractivity (Wildman–Crippen MR) is 119 cm³/mol. The van der Waals surface area contributed by atoms with Crippen molar-refractivity contribution in [2.75, 3.05) is 12.0 Å². The number of halogens is 2. The van der Waals surface area contributed by atoms with Crippen LogP contribution in [0, 0.1) is 6.92 Å². The van der Waals surface area contributed by atoms with E-state index in [1.165, 1.54) is 23.9 Å². The number of esters is 1. The van der Waals surface area contributed by atoms with Gasteiger partial charge in [-0.25, -0.2) is 14.4 Å². The topological polar surface area (TPSA) is 94.8 Å². The molecule has 1 unspecified atom stereocenters. The molecule has 0 saturated heterocycles. The van der Waals surface area contributed by atoms with Crippen LogP contribution in [-0.2, 0) is 9.53 Å². The summed E-state index contributed by atoms with van der Waals surface area (Å²) in [7, 11) is 0. The Morgan fingerprint density at radius 2 is 1.93 bits per heavy atom. The van der Waals surface area contributed by atoms with E-state index < -0.39 is 29.3 Å². The highest BCUT2D eigenvalue weighted by Crippen LogP contribution is 2.33. The van der Waals surface area contributed by atoms with Crippen LogP contribution < -0.4 is 15.7 Å². The predicted octanol–water partition coefficient (Wildman–Crippen LogP) is 4.96. The molecule has 0 aliphatic carbocycles. The van der Waals surface area contributed by atoms with Crippen molar-refractivity contribution in [2.45, 2.75) is 45.8 Å². The largest absolute Gasteiger partial charge is 0.444 e. The van der Waals surface area contributed by atoms with Gasteiger partial charge >= 0.3 is 17.7 Å². The molecule has 1 amide bonds. The average Bonchev–Trinajstić information content (AvgIpc) is 2.63. The minimum Gasteiger partial charge on any atom is -0.444 e. The van der Waals surface area contributed by atoms with Crippen LogP contribution in [0.25, 0.3) is 11.0 Å². The van der Waals surface area contributed by atoms with E-state index in [1.807, 2.05) is 6.26 Å². The molecule has 0 spiro atoms. The standard InChI is InChI=1S/C20H23Cl2NO6S/c1-10-11-8-12(21)15(9-14(11)27-18(25)16(10)22)28-17(24)13(6-7-30-5)23-19(26)29-20(2,3)4/h8-9,13H,6-7H2,1-5H3,(H,23,26). The van der Waals surface area contributed by atoms with Crippen LogP contribution in [0.15, 0.2) is 21.3 Å². The van der Waals surface area contributed by atoms with Gasteiger partial charge in [0.2, 0.25) is 0 Å². The van der Waals surface area contributed by atoms with Crippen LogP contribution in [0.2, 0.25) is 10.0 Å². The summed E-state index contributed by atoms with van der Waals surface area (Å²) in [5.41, 5.74) is -0.733. The number of hydrogen-bond donors (Lipinski definition) is 1. The van der Waals surface area contributed by atoms with Crippen molar-refractivity contribution in [3.8, 4) is 5.75 Å². The SMILES string of the molecule is CSCCC(NC(=O)OC(C)(C)C)C(=O)Oc1cc2oc(=O)c(Cl)c(C)c2cc1Cl. The van der Waals surface area contributed by atoms with Gasteiger partial charge in [0.25, 0.3) is 0 Å². The Kier molecular flexibility index (Phi) is 8.07. The molecule has 1 N–H and O–H groups in total. The number of alkyl carbamates (subject to hydrolysis) is 1. The van der Waals surface area contributed by atoms with Crippen molar-refractivity contribution in [3.63, 3.8) is 0 Å². The number of aryl methyl sites for hydroxylation is 1. The van der Waals surface area contributed by atoms with Crippen molar-refractivity contribution in [3.05, 3.63) is 38.2 Å². The van der Waals surface area contributed by atoms with E-state index in [0.29, 0.717) is 23.1 Å². The lowest BCUT2D eigenvalue weighted by molar-refractivity contribution is -0.136. The van der Waals surface area contributed by atoms with Gasteiger partial charge in [-0.15, -0.1) is 0 Å². The van der Waals surface area contributed by atoms with Crippen LogP contribution >= 0.6 is 35.0 Å². The molecule has 1 aromatic heterocycles. The average molecular weight is 476 g/mol. The molecule has 0 fully saturated rings. The molecule has 10 heteroatoms. The van der Waals surface area contributed by atoms with Gasteiger partial charge in [0.05, 0.1) is 5.02 Å². The van der Waals surface area contributed by atoms with Crippen molar-refractivity contribution in [2.24, 2.45) is 0 Å². The van der Waals surface area contributed by atoms with Gasteiger partial charge in [-0.05, 0) is 57.8 Å². The highest BCUT2D eigenvalue weighted by atomic mass is 35.5. The Hall–Kier alpha value is -1.90. The van der Waals surface area contributed by atoms with Crippen molar-refractivity contribution in [1.29, 1.82) is 0 Å². The Morgan fingerprint density at radius 3 is 2.53 bits per heavy atom. The summed E-state index contributed by atoms with van der Waals surface area (Å²) in [4.78, 5) is 36.7. The van der Waals surface area contributed by atoms with Gasteiger partial charge in [-0.2, -0.15) is 11.8 Å². The molecule has 0 aliphatic heterocycles. The minimum atomic E-state index is -0.946. The van der Waals surface area contributed by atoms with Gasteiger partial charge in [0.1, 0.15) is 22.2 Å².